The number of carbonyl (C=O) groups is 1. The summed E-state index contributed by atoms with van der Waals surface area (Å²) in [7, 11) is 0. The Bertz CT molecular complexity index is 861. The fourth-order valence-electron chi connectivity index (χ4n) is 2.30. The van der Waals surface area contributed by atoms with E-state index in [1.54, 1.807) is 42.5 Å². The van der Waals surface area contributed by atoms with Gasteiger partial charge >= 0.3 is 0 Å². The molecule has 21 heavy (non-hydrogen) atoms. The van der Waals surface area contributed by atoms with Gasteiger partial charge in [0.1, 0.15) is 5.82 Å². The van der Waals surface area contributed by atoms with Crippen LogP contribution >= 0.6 is 15.9 Å². The van der Waals surface area contributed by atoms with E-state index < -0.39 is 0 Å². The van der Waals surface area contributed by atoms with Crippen molar-refractivity contribution in [3.63, 3.8) is 0 Å². The molecule has 0 aromatic heterocycles. The third-order valence-electron chi connectivity index (χ3n) is 3.37. The summed E-state index contributed by atoms with van der Waals surface area (Å²) in [4.78, 5) is 12.6. The third-order valence-corrected chi connectivity index (χ3v) is 4.10. The largest absolute Gasteiger partial charge is 0.398 e. The molecule has 0 bridgehead atoms. The molecule has 2 nitrogen and oxygen atoms in total. The van der Waals surface area contributed by atoms with Crippen LogP contribution < -0.4 is 5.73 Å². The van der Waals surface area contributed by atoms with Crippen LogP contribution in [0.1, 0.15) is 15.9 Å². The van der Waals surface area contributed by atoms with Crippen LogP contribution in [0.15, 0.2) is 59.1 Å². The number of fused-ring (bicyclic) bond motifs is 1. The average Bonchev–Trinajstić information content (AvgIpc) is 2.50. The monoisotopic (exact) mass is 343 g/mol. The second-order valence-electron chi connectivity index (χ2n) is 4.71. The quantitative estimate of drug-likeness (QED) is 0.547. The van der Waals surface area contributed by atoms with Gasteiger partial charge in [-0.05, 0) is 51.6 Å². The van der Waals surface area contributed by atoms with Crippen molar-refractivity contribution in [2.75, 3.05) is 5.73 Å². The lowest BCUT2D eigenvalue weighted by atomic mass is 9.97. The summed E-state index contributed by atoms with van der Waals surface area (Å²) in [5.41, 5.74) is 7.25. The van der Waals surface area contributed by atoms with Crippen molar-refractivity contribution >= 4 is 38.2 Å². The predicted octanol–water partition coefficient (Wildman–Crippen LogP) is 4.55. The molecule has 0 fully saturated rings. The maximum Gasteiger partial charge on any atom is 0.193 e. The molecule has 0 unspecified atom stereocenters. The van der Waals surface area contributed by atoms with E-state index in [-0.39, 0.29) is 11.6 Å². The Hall–Kier alpha value is -2.20. The van der Waals surface area contributed by atoms with Crippen molar-refractivity contribution in [3.8, 4) is 0 Å². The SMILES string of the molecule is Nc1cc(C(=O)c2ccc(F)c3ccccc23)ccc1Br. The molecular formula is C17H11BrFNO. The van der Waals surface area contributed by atoms with Gasteiger partial charge in [0.2, 0.25) is 0 Å². The smallest absolute Gasteiger partial charge is 0.193 e. The second kappa shape index (κ2) is 5.30. The highest BCUT2D eigenvalue weighted by molar-refractivity contribution is 9.10. The van der Waals surface area contributed by atoms with E-state index >= 15 is 0 Å². The molecule has 0 saturated carbocycles. The molecule has 3 aromatic rings. The van der Waals surface area contributed by atoms with Crippen molar-refractivity contribution in [1.29, 1.82) is 0 Å². The van der Waals surface area contributed by atoms with Crippen molar-refractivity contribution in [3.05, 3.63) is 76.0 Å². The molecule has 0 aliphatic rings. The lowest BCUT2D eigenvalue weighted by molar-refractivity contribution is 0.104. The van der Waals surface area contributed by atoms with Crippen LogP contribution in [-0.2, 0) is 0 Å². The Morgan fingerprint density at radius 3 is 2.43 bits per heavy atom. The maximum atomic E-state index is 13.8. The van der Waals surface area contributed by atoms with Crippen LogP contribution in [0.3, 0.4) is 0 Å². The van der Waals surface area contributed by atoms with Gasteiger partial charge in [0.25, 0.3) is 0 Å². The van der Waals surface area contributed by atoms with E-state index in [1.165, 1.54) is 12.1 Å². The Kier molecular flexibility index (Phi) is 3.47. The Morgan fingerprint density at radius 2 is 1.71 bits per heavy atom. The Morgan fingerprint density at radius 1 is 1.00 bits per heavy atom. The minimum atomic E-state index is -0.336. The predicted molar refractivity (Wildman–Crippen MR) is 85.9 cm³/mol. The molecule has 2 N–H and O–H groups in total. The summed E-state index contributed by atoms with van der Waals surface area (Å²) in [6, 6.07) is 14.8. The minimum Gasteiger partial charge on any atom is -0.398 e. The van der Waals surface area contributed by atoms with E-state index in [0.717, 1.165) is 4.47 Å². The molecule has 0 radical (unpaired) electrons. The zero-order chi connectivity index (χ0) is 15.0. The molecule has 0 saturated heterocycles. The third kappa shape index (κ3) is 2.43. The normalized spacial score (nSPS) is 10.8. The van der Waals surface area contributed by atoms with E-state index in [0.29, 0.717) is 27.6 Å². The summed E-state index contributed by atoms with van der Waals surface area (Å²) in [6.07, 6.45) is 0. The highest BCUT2D eigenvalue weighted by Crippen LogP contribution is 2.26. The topological polar surface area (TPSA) is 43.1 Å². The highest BCUT2D eigenvalue weighted by atomic mass is 79.9. The van der Waals surface area contributed by atoms with Gasteiger partial charge in [-0.15, -0.1) is 0 Å². The lowest BCUT2D eigenvalue weighted by Gasteiger charge is -2.08. The molecule has 0 amide bonds. The van der Waals surface area contributed by atoms with Gasteiger partial charge in [0, 0.05) is 26.7 Å². The van der Waals surface area contributed by atoms with Gasteiger partial charge < -0.3 is 5.73 Å². The summed E-state index contributed by atoms with van der Waals surface area (Å²) >= 11 is 3.30. The summed E-state index contributed by atoms with van der Waals surface area (Å²) < 4.78 is 14.6. The van der Waals surface area contributed by atoms with Gasteiger partial charge in [0.05, 0.1) is 0 Å². The molecule has 0 atom stereocenters. The summed E-state index contributed by atoms with van der Waals surface area (Å²) in [5.74, 6) is -0.511. The van der Waals surface area contributed by atoms with Gasteiger partial charge in [-0.2, -0.15) is 0 Å². The van der Waals surface area contributed by atoms with Crippen LogP contribution in [0.25, 0.3) is 10.8 Å². The van der Waals surface area contributed by atoms with Crippen LogP contribution in [0.5, 0.6) is 0 Å². The van der Waals surface area contributed by atoms with Crippen LogP contribution in [0.2, 0.25) is 0 Å². The maximum absolute atomic E-state index is 13.8. The number of rotatable bonds is 2. The molecule has 0 aliphatic heterocycles. The fraction of sp³-hybridized carbons (Fsp3) is 0. The van der Waals surface area contributed by atoms with Crippen molar-refractivity contribution in [1.82, 2.24) is 0 Å². The zero-order valence-corrected chi connectivity index (χ0v) is 12.5. The molecule has 3 aromatic carbocycles. The number of hydrogen-bond donors (Lipinski definition) is 1. The van der Waals surface area contributed by atoms with Crippen molar-refractivity contribution in [2.24, 2.45) is 0 Å². The van der Waals surface area contributed by atoms with Gasteiger partial charge in [-0.1, -0.05) is 24.3 Å². The number of nitrogens with two attached hydrogens (primary N) is 1. The average molecular weight is 344 g/mol. The number of hydrogen-bond acceptors (Lipinski definition) is 2. The number of benzene rings is 3. The first-order valence-electron chi connectivity index (χ1n) is 6.35. The first kappa shape index (κ1) is 13.8. The van der Waals surface area contributed by atoms with Gasteiger partial charge in [-0.3, -0.25) is 4.79 Å². The van der Waals surface area contributed by atoms with E-state index in [4.69, 9.17) is 5.73 Å². The minimum absolute atomic E-state index is 0.176. The molecule has 0 spiro atoms. The van der Waals surface area contributed by atoms with Crippen LogP contribution in [0.4, 0.5) is 10.1 Å². The van der Waals surface area contributed by atoms with Crippen LogP contribution in [-0.4, -0.2) is 5.78 Å². The molecule has 0 heterocycles. The summed E-state index contributed by atoms with van der Waals surface area (Å²) in [6.45, 7) is 0. The lowest BCUT2D eigenvalue weighted by Crippen LogP contribution is -2.04. The first-order chi connectivity index (χ1) is 10.1. The van der Waals surface area contributed by atoms with E-state index in [9.17, 15) is 9.18 Å². The standard InChI is InChI=1S/C17H11BrFNO/c18-14-7-5-10(9-16(14)20)17(21)13-6-8-15(19)12-4-2-1-3-11(12)13/h1-9H,20H2. The van der Waals surface area contributed by atoms with Crippen molar-refractivity contribution < 1.29 is 9.18 Å². The number of nitrogen functional groups attached to an aromatic ring is 1. The Balaban J connectivity index is 2.18. The zero-order valence-electron chi connectivity index (χ0n) is 10.9. The van der Waals surface area contributed by atoms with Crippen LogP contribution in [0, 0.1) is 5.82 Å². The number of halogens is 2. The van der Waals surface area contributed by atoms with E-state index in [1.807, 2.05) is 0 Å². The number of anilines is 1. The van der Waals surface area contributed by atoms with Gasteiger partial charge in [0.15, 0.2) is 5.78 Å². The molecular weight excluding hydrogens is 333 g/mol. The first-order valence-corrected chi connectivity index (χ1v) is 7.14. The molecule has 0 aliphatic carbocycles. The molecule has 3 rings (SSSR count). The fourth-order valence-corrected chi connectivity index (χ4v) is 2.55. The molecule has 104 valence electrons. The summed E-state index contributed by atoms with van der Waals surface area (Å²) in [5, 5.41) is 1.04. The molecule has 4 heteroatoms. The highest BCUT2D eigenvalue weighted by Gasteiger charge is 2.15. The number of carbonyl (C=O) groups excluding carboxylic acids is 1. The second-order valence-corrected chi connectivity index (χ2v) is 5.56. The number of ketones is 1. The Labute approximate surface area is 129 Å². The van der Waals surface area contributed by atoms with E-state index in [2.05, 4.69) is 15.9 Å². The van der Waals surface area contributed by atoms with Crippen molar-refractivity contribution in [2.45, 2.75) is 0 Å². The van der Waals surface area contributed by atoms with Gasteiger partial charge in [-0.25, -0.2) is 4.39 Å².